The third kappa shape index (κ3) is 2.47. The van der Waals surface area contributed by atoms with Crippen molar-refractivity contribution in [3.8, 4) is 0 Å². The van der Waals surface area contributed by atoms with Crippen LogP contribution in [0.1, 0.15) is 32.1 Å². The molecule has 3 heteroatoms. The Bertz CT molecular complexity index is 195. The van der Waals surface area contributed by atoms with Crippen LogP contribution in [0.15, 0.2) is 0 Å². The van der Waals surface area contributed by atoms with Gasteiger partial charge < -0.3 is 10.1 Å². The lowest BCUT2D eigenvalue weighted by molar-refractivity contribution is -0.151. The average Bonchev–Trinajstić information content (AvgIpc) is 2.14. The maximum absolute atomic E-state index is 11.4. The number of carbonyl (C=O) groups excluding carboxylic acids is 1. The third-order valence-electron chi connectivity index (χ3n) is 3.30. The maximum Gasteiger partial charge on any atom is 0.311 e. The highest BCUT2D eigenvalue weighted by Gasteiger charge is 2.27. The number of nitrogens with one attached hydrogen (secondary N) is 1. The van der Waals surface area contributed by atoms with E-state index in [1.54, 1.807) is 0 Å². The third-order valence-corrected chi connectivity index (χ3v) is 3.30. The molecule has 1 saturated carbocycles. The van der Waals surface area contributed by atoms with Crippen molar-refractivity contribution < 1.29 is 9.53 Å². The van der Waals surface area contributed by atoms with E-state index in [1.165, 1.54) is 32.1 Å². The van der Waals surface area contributed by atoms with Crippen molar-refractivity contribution in [1.82, 2.24) is 5.32 Å². The minimum Gasteiger partial charge on any atom is -0.465 e. The van der Waals surface area contributed by atoms with E-state index < -0.39 is 0 Å². The number of rotatable bonds is 3. The van der Waals surface area contributed by atoms with Crippen molar-refractivity contribution >= 4 is 5.97 Å². The van der Waals surface area contributed by atoms with E-state index in [2.05, 4.69) is 5.32 Å². The molecule has 1 heterocycles. The standard InChI is InChI=1S/C11H19NO2/c13-11(10-6-12-7-10)14-8-9-4-2-1-3-5-9/h9-10,12H,1-8H2. The molecule has 0 atom stereocenters. The highest BCUT2D eigenvalue weighted by molar-refractivity contribution is 5.73. The van der Waals surface area contributed by atoms with Crippen LogP contribution in [0.4, 0.5) is 0 Å². The van der Waals surface area contributed by atoms with Crippen LogP contribution in [-0.2, 0) is 9.53 Å². The summed E-state index contributed by atoms with van der Waals surface area (Å²) in [7, 11) is 0. The summed E-state index contributed by atoms with van der Waals surface area (Å²) in [5, 5.41) is 3.08. The molecule has 0 bridgehead atoms. The molecule has 0 amide bonds. The van der Waals surface area contributed by atoms with Crippen molar-refractivity contribution in [1.29, 1.82) is 0 Å². The van der Waals surface area contributed by atoms with Gasteiger partial charge in [0.2, 0.25) is 0 Å². The van der Waals surface area contributed by atoms with Crippen LogP contribution in [-0.4, -0.2) is 25.7 Å². The van der Waals surface area contributed by atoms with E-state index >= 15 is 0 Å². The Morgan fingerprint density at radius 3 is 2.50 bits per heavy atom. The Labute approximate surface area is 85.2 Å². The van der Waals surface area contributed by atoms with Crippen molar-refractivity contribution in [3.05, 3.63) is 0 Å². The predicted octanol–water partition coefficient (Wildman–Crippen LogP) is 1.33. The lowest BCUT2D eigenvalue weighted by atomic mass is 9.90. The van der Waals surface area contributed by atoms with Crippen LogP contribution in [0.5, 0.6) is 0 Å². The molecular weight excluding hydrogens is 178 g/mol. The molecule has 1 aliphatic carbocycles. The molecule has 14 heavy (non-hydrogen) atoms. The molecule has 80 valence electrons. The van der Waals surface area contributed by atoms with Crippen LogP contribution in [0.2, 0.25) is 0 Å². The van der Waals surface area contributed by atoms with Crippen LogP contribution in [0, 0.1) is 11.8 Å². The fourth-order valence-electron chi connectivity index (χ4n) is 2.13. The molecule has 0 unspecified atom stereocenters. The monoisotopic (exact) mass is 197 g/mol. The van der Waals surface area contributed by atoms with Gasteiger partial charge in [-0.15, -0.1) is 0 Å². The molecule has 1 N–H and O–H groups in total. The molecule has 2 rings (SSSR count). The van der Waals surface area contributed by atoms with Gasteiger partial charge in [-0.2, -0.15) is 0 Å². The van der Waals surface area contributed by atoms with Gasteiger partial charge in [0, 0.05) is 13.1 Å². The SMILES string of the molecule is O=C(OCC1CCCCC1)C1CNC1. The van der Waals surface area contributed by atoms with Gasteiger partial charge in [-0.3, -0.25) is 4.79 Å². The Kier molecular flexibility index (Phi) is 3.40. The Hall–Kier alpha value is -0.570. The zero-order valence-corrected chi connectivity index (χ0v) is 8.63. The minimum absolute atomic E-state index is 0.00863. The lowest BCUT2D eigenvalue weighted by Gasteiger charge is -2.27. The zero-order chi connectivity index (χ0) is 9.80. The molecule has 0 spiro atoms. The van der Waals surface area contributed by atoms with Gasteiger partial charge in [0.15, 0.2) is 0 Å². The van der Waals surface area contributed by atoms with E-state index in [-0.39, 0.29) is 11.9 Å². The van der Waals surface area contributed by atoms with Gasteiger partial charge in [0.05, 0.1) is 12.5 Å². The topological polar surface area (TPSA) is 38.3 Å². The van der Waals surface area contributed by atoms with E-state index in [0.29, 0.717) is 12.5 Å². The van der Waals surface area contributed by atoms with Gasteiger partial charge in [-0.05, 0) is 18.8 Å². The number of hydrogen-bond acceptors (Lipinski definition) is 3. The van der Waals surface area contributed by atoms with Gasteiger partial charge in [-0.25, -0.2) is 0 Å². The lowest BCUT2D eigenvalue weighted by Crippen LogP contribution is -2.47. The highest BCUT2D eigenvalue weighted by Crippen LogP contribution is 2.24. The Balaban J connectivity index is 1.62. The predicted molar refractivity (Wildman–Crippen MR) is 53.9 cm³/mol. The average molecular weight is 197 g/mol. The normalized spacial score (nSPS) is 24.3. The first kappa shape index (κ1) is 9.97. The molecule has 2 fully saturated rings. The summed E-state index contributed by atoms with van der Waals surface area (Å²) in [6.07, 6.45) is 6.48. The van der Waals surface area contributed by atoms with Gasteiger partial charge in [-0.1, -0.05) is 19.3 Å². The van der Waals surface area contributed by atoms with Gasteiger partial charge in [0.1, 0.15) is 0 Å². The second kappa shape index (κ2) is 4.78. The van der Waals surface area contributed by atoms with E-state index in [9.17, 15) is 4.79 Å². The molecule has 0 radical (unpaired) electrons. The summed E-state index contributed by atoms with van der Waals surface area (Å²) >= 11 is 0. The van der Waals surface area contributed by atoms with Crippen molar-refractivity contribution in [2.45, 2.75) is 32.1 Å². The molecular formula is C11H19NO2. The molecule has 0 aromatic heterocycles. The van der Waals surface area contributed by atoms with E-state index in [4.69, 9.17) is 4.74 Å². The number of carbonyl (C=O) groups is 1. The minimum atomic E-state index is 0.00863. The fraction of sp³-hybridized carbons (Fsp3) is 0.909. The maximum atomic E-state index is 11.4. The summed E-state index contributed by atoms with van der Waals surface area (Å²) in [6, 6.07) is 0. The second-order valence-corrected chi connectivity index (χ2v) is 4.49. The molecule has 3 nitrogen and oxygen atoms in total. The molecule has 0 aromatic carbocycles. The van der Waals surface area contributed by atoms with Crippen molar-refractivity contribution in [2.75, 3.05) is 19.7 Å². The molecule has 1 saturated heterocycles. The van der Waals surface area contributed by atoms with E-state index in [0.717, 1.165) is 13.1 Å². The largest absolute Gasteiger partial charge is 0.465 e. The fourth-order valence-corrected chi connectivity index (χ4v) is 2.13. The van der Waals surface area contributed by atoms with Crippen molar-refractivity contribution in [3.63, 3.8) is 0 Å². The molecule has 1 aliphatic heterocycles. The first-order valence-electron chi connectivity index (χ1n) is 5.73. The second-order valence-electron chi connectivity index (χ2n) is 4.49. The summed E-state index contributed by atoms with van der Waals surface area (Å²) < 4.78 is 5.31. The molecule has 0 aromatic rings. The quantitative estimate of drug-likeness (QED) is 0.694. The van der Waals surface area contributed by atoms with Crippen LogP contribution in [0.25, 0.3) is 0 Å². The van der Waals surface area contributed by atoms with Crippen LogP contribution >= 0.6 is 0 Å². The summed E-state index contributed by atoms with van der Waals surface area (Å²) in [6.45, 7) is 2.28. The van der Waals surface area contributed by atoms with Crippen molar-refractivity contribution in [2.24, 2.45) is 11.8 Å². The number of esters is 1. The summed E-state index contributed by atoms with van der Waals surface area (Å²) in [5.74, 6) is 0.786. The number of hydrogen-bond donors (Lipinski definition) is 1. The van der Waals surface area contributed by atoms with E-state index in [1.807, 2.05) is 0 Å². The number of ether oxygens (including phenoxy) is 1. The summed E-state index contributed by atoms with van der Waals surface area (Å²) in [4.78, 5) is 11.4. The Morgan fingerprint density at radius 1 is 1.21 bits per heavy atom. The smallest absolute Gasteiger partial charge is 0.311 e. The zero-order valence-electron chi connectivity index (χ0n) is 8.63. The Morgan fingerprint density at radius 2 is 1.93 bits per heavy atom. The van der Waals surface area contributed by atoms with Gasteiger partial charge >= 0.3 is 5.97 Å². The first-order valence-corrected chi connectivity index (χ1v) is 5.73. The van der Waals surface area contributed by atoms with Crippen LogP contribution in [0.3, 0.4) is 0 Å². The van der Waals surface area contributed by atoms with Gasteiger partial charge in [0.25, 0.3) is 0 Å². The summed E-state index contributed by atoms with van der Waals surface area (Å²) in [5.41, 5.74) is 0. The first-order chi connectivity index (χ1) is 6.86. The highest BCUT2D eigenvalue weighted by atomic mass is 16.5. The molecule has 2 aliphatic rings. The van der Waals surface area contributed by atoms with Crippen LogP contribution < -0.4 is 5.32 Å².